The molecule has 21 heavy (non-hydrogen) atoms. The lowest BCUT2D eigenvalue weighted by Gasteiger charge is -2.22. The Morgan fingerprint density at radius 1 is 1.14 bits per heavy atom. The molecular formula is C17H22N2O2. The molecule has 1 aromatic heterocycles. The number of amides is 1. The summed E-state index contributed by atoms with van der Waals surface area (Å²) in [6, 6.07) is 13.6. The van der Waals surface area contributed by atoms with Gasteiger partial charge in [0, 0.05) is 5.54 Å². The van der Waals surface area contributed by atoms with Crippen LogP contribution in [0.5, 0.6) is 0 Å². The molecule has 112 valence electrons. The standard InChI is InChI=1S/C17H22N2O2/c1-17(2,3)19-15(20)12-18-16(14-10-7-11-21-14)13-8-5-4-6-9-13/h4-11,16,18H,12H2,1-3H3,(H,19,20). The number of furan rings is 1. The van der Waals surface area contributed by atoms with Gasteiger partial charge in [-0.25, -0.2) is 0 Å². The predicted molar refractivity (Wildman–Crippen MR) is 82.9 cm³/mol. The molecule has 2 aromatic rings. The van der Waals surface area contributed by atoms with E-state index >= 15 is 0 Å². The second-order valence-corrected chi connectivity index (χ2v) is 6.04. The zero-order valence-electron chi connectivity index (χ0n) is 12.7. The van der Waals surface area contributed by atoms with Crippen LogP contribution in [0.2, 0.25) is 0 Å². The van der Waals surface area contributed by atoms with Crippen LogP contribution in [0, 0.1) is 0 Å². The molecular weight excluding hydrogens is 264 g/mol. The van der Waals surface area contributed by atoms with Crippen molar-refractivity contribution in [1.29, 1.82) is 0 Å². The largest absolute Gasteiger partial charge is 0.467 e. The van der Waals surface area contributed by atoms with E-state index in [4.69, 9.17) is 4.42 Å². The van der Waals surface area contributed by atoms with Gasteiger partial charge in [-0.3, -0.25) is 10.1 Å². The third-order valence-corrected chi connectivity index (χ3v) is 2.94. The van der Waals surface area contributed by atoms with Crippen molar-refractivity contribution in [3.05, 3.63) is 60.1 Å². The third-order valence-electron chi connectivity index (χ3n) is 2.94. The van der Waals surface area contributed by atoms with Gasteiger partial charge in [-0.1, -0.05) is 30.3 Å². The fourth-order valence-electron chi connectivity index (χ4n) is 2.14. The quantitative estimate of drug-likeness (QED) is 0.888. The van der Waals surface area contributed by atoms with Crippen molar-refractivity contribution < 1.29 is 9.21 Å². The van der Waals surface area contributed by atoms with E-state index in [9.17, 15) is 4.79 Å². The molecule has 0 saturated carbocycles. The van der Waals surface area contributed by atoms with E-state index in [1.54, 1.807) is 6.26 Å². The van der Waals surface area contributed by atoms with Gasteiger partial charge in [0.1, 0.15) is 5.76 Å². The molecule has 1 heterocycles. The Labute approximate surface area is 125 Å². The van der Waals surface area contributed by atoms with Gasteiger partial charge in [0.05, 0.1) is 18.8 Å². The van der Waals surface area contributed by atoms with E-state index in [1.165, 1.54) is 0 Å². The average Bonchev–Trinajstić information content (AvgIpc) is 2.92. The molecule has 0 aliphatic carbocycles. The van der Waals surface area contributed by atoms with Crippen molar-refractivity contribution in [2.24, 2.45) is 0 Å². The molecule has 2 N–H and O–H groups in total. The zero-order chi connectivity index (χ0) is 15.3. The SMILES string of the molecule is CC(C)(C)NC(=O)CNC(c1ccccc1)c1ccco1. The lowest BCUT2D eigenvalue weighted by Crippen LogP contribution is -2.45. The summed E-state index contributed by atoms with van der Waals surface area (Å²) < 4.78 is 5.49. The number of rotatable bonds is 5. The van der Waals surface area contributed by atoms with Gasteiger partial charge in [-0.2, -0.15) is 0 Å². The minimum Gasteiger partial charge on any atom is -0.467 e. The summed E-state index contributed by atoms with van der Waals surface area (Å²) in [6.07, 6.45) is 1.64. The van der Waals surface area contributed by atoms with Crippen LogP contribution < -0.4 is 10.6 Å². The fourth-order valence-corrected chi connectivity index (χ4v) is 2.14. The molecule has 0 fully saturated rings. The van der Waals surface area contributed by atoms with E-state index in [2.05, 4.69) is 10.6 Å². The maximum atomic E-state index is 12.0. The lowest BCUT2D eigenvalue weighted by molar-refractivity contribution is -0.121. The van der Waals surface area contributed by atoms with Crippen LogP contribution in [0.1, 0.15) is 38.1 Å². The minimum absolute atomic E-state index is 0.0324. The summed E-state index contributed by atoms with van der Waals surface area (Å²) in [4.78, 5) is 12.0. The van der Waals surface area contributed by atoms with Crippen molar-refractivity contribution >= 4 is 5.91 Å². The van der Waals surface area contributed by atoms with Crippen LogP contribution in [-0.4, -0.2) is 18.0 Å². The van der Waals surface area contributed by atoms with Gasteiger partial charge in [-0.15, -0.1) is 0 Å². The number of nitrogens with one attached hydrogen (secondary N) is 2. The maximum Gasteiger partial charge on any atom is 0.234 e. The monoisotopic (exact) mass is 286 g/mol. The molecule has 1 amide bonds. The molecule has 1 unspecified atom stereocenters. The molecule has 0 radical (unpaired) electrons. The first-order chi connectivity index (χ1) is 9.96. The molecule has 2 rings (SSSR count). The van der Waals surface area contributed by atoms with Crippen LogP contribution in [0.3, 0.4) is 0 Å². The number of benzene rings is 1. The fraction of sp³-hybridized carbons (Fsp3) is 0.353. The molecule has 0 aliphatic heterocycles. The maximum absolute atomic E-state index is 12.0. The molecule has 0 aliphatic rings. The first-order valence-electron chi connectivity index (χ1n) is 7.08. The topological polar surface area (TPSA) is 54.3 Å². The average molecular weight is 286 g/mol. The molecule has 1 aromatic carbocycles. The van der Waals surface area contributed by atoms with Gasteiger partial charge >= 0.3 is 0 Å². The molecule has 1 atom stereocenters. The van der Waals surface area contributed by atoms with Crippen molar-refractivity contribution in [2.75, 3.05) is 6.54 Å². The van der Waals surface area contributed by atoms with Crippen molar-refractivity contribution in [2.45, 2.75) is 32.4 Å². The number of carbonyl (C=O) groups is 1. The predicted octanol–water partition coefficient (Wildman–Crippen LogP) is 2.87. The normalized spacial score (nSPS) is 12.9. The highest BCUT2D eigenvalue weighted by Gasteiger charge is 2.19. The molecule has 0 spiro atoms. The van der Waals surface area contributed by atoms with E-state index < -0.39 is 0 Å². The number of hydrogen-bond acceptors (Lipinski definition) is 3. The summed E-state index contributed by atoms with van der Waals surface area (Å²) in [7, 11) is 0. The number of carbonyl (C=O) groups excluding carboxylic acids is 1. The number of hydrogen-bond donors (Lipinski definition) is 2. The van der Waals surface area contributed by atoms with E-state index in [1.807, 2.05) is 63.2 Å². The third kappa shape index (κ3) is 4.76. The van der Waals surface area contributed by atoms with Crippen LogP contribution in [0.15, 0.2) is 53.1 Å². The van der Waals surface area contributed by atoms with Gasteiger partial charge < -0.3 is 9.73 Å². The Bertz CT molecular complexity index is 556. The second kappa shape index (κ2) is 6.59. The van der Waals surface area contributed by atoms with E-state index in [0.717, 1.165) is 11.3 Å². The van der Waals surface area contributed by atoms with Gasteiger partial charge in [0.25, 0.3) is 0 Å². The Morgan fingerprint density at radius 2 is 1.86 bits per heavy atom. The Kier molecular flexibility index (Phi) is 4.81. The van der Waals surface area contributed by atoms with Gasteiger partial charge in [0.15, 0.2) is 0 Å². The van der Waals surface area contributed by atoms with Crippen molar-refractivity contribution in [3.8, 4) is 0 Å². The van der Waals surface area contributed by atoms with Crippen molar-refractivity contribution in [1.82, 2.24) is 10.6 Å². The van der Waals surface area contributed by atoms with Crippen LogP contribution in [0.4, 0.5) is 0 Å². The summed E-state index contributed by atoms with van der Waals surface area (Å²) in [6.45, 7) is 6.13. The minimum atomic E-state index is -0.230. The zero-order valence-corrected chi connectivity index (χ0v) is 12.7. The smallest absolute Gasteiger partial charge is 0.234 e. The highest BCUT2D eigenvalue weighted by Crippen LogP contribution is 2.21. The van der Waals surface area contributed by atoms with Gasteiger partial charge in [0.2, 0.25) is 5.91 Å². The lowest BCUT2D eigenvalue weighted by atomic mass is 10.0. The molecule has 0 bridgehead atoms. The Hall–Kier alpha value is -2.07. The van der Waals surface area contributed by atoms with E-state index in [0.29, 0.717) is 0 Å². The molecule has 4 nitrogen and oxygen atoms in total. The second-order valence-electron chi connectivity index (χ2n) is 6.04. The molecule has 0 saturated heterocycles. The summed E-state index contributed by atoms with van der Waals surface area (Å²) in [5, 5.41) is 6.19. The van der Waals surface area contributed by atoms with Crippen molar-refractivity contribution in [3.63, 3.8) is 0 Å². The van der Waals surface area contributed by atoms with Gasteiger partial charge in [-0.05, 0) is 38.5 Å². The first-order valence-corrected chi connectivity index (χ1v) is 7.08. The van der Waals surface area contributed by atoms with E-state index in [-0.39, 0.29) is 24.0 Å². The first kappa shape index (κ1) is 15.3. The molecule has 4 heteroatoms. The summed E-state index contributed by atoms with van der Waals surface area (Å²) in [5.41, 5.74) is 0.835. The summed E-state index contributed by atoms with van der Waals surface area (Å²) in [5.74, 6) is 0.764. The Balaban J connectivity index is 2.06. The summed E-state index contributed by atoms with van der Waals surface area (Å²) >= 11 is 0. The Morgan fingerprint density at radius 3 is 2.43 bits per heavy atom. The van der Waals surface area contributed by atoms with Crippen LogP contribution in [-0.2, 0) is 4.79 Å². The highest BCUT2D eigenvalue weighted by atomic mass is 16.3. The highest BCUT2D eigenvalue weighted by molar-refractivity contribution is 5.78. The van der Waals surface area contributed by atoms with Crippen LogP contribution >= 0.6 is 0 Å². The van der Waals surface area contributed by atoms with Crippen LogP contribution in [0.25, 0.3) is 0 Å².